The SMILES string of the molecule is O=c1[nH]c2ccc(Cl)cc2cc1CNc1nc(-c2cccs2)c2nc[nH]c2n1. The first-order chi connectivity index (χ1) is 13.7. The summed E-state index contributed by atoms with van der Waals surface area (Å²) in [7, 11) is 0. The van der Waals surface area contributed by atoms with Gasteiger partial charge >= 0.3 is 0 Å². The van der Waals surface area contributed by atoms with Crippen LogP contribution in [0.2, 0.25) is 5.02 Å². The van der Waals surface area contributed by atoms with Crippen LogP contribution in [0.3, 0.4) is 0 Å². The van der Waals surface area contributed by atoms with Gasteiger partial charge in [-0.15, -0.1) is 11.3 Å². The first kappa shape index (κ1) is 16.9. The molecule has 0 aliphatic heterocycles. The fraction of sp³-hybridized carbons (Fsp3) is 0.0526. The van der Waals surface area contributed by atoms with Crippen LogP contribution in [0, 0.1) is 0 Å². The molecule has 5 rings (SSSR count). The van der Waals surface area contributed by atoms with E-state index in [2.05, 4.69) is 30.2 Å². The molecule has 1 aromatic carbocycles. The molecule has 0 bridgehead atoms. The lowest BCUT2D eigenvalue weighted by Crippen LogP contribution is -2.16. The zero-order valence-electron chi connectivity index (χ0n) is 14.4. The van der Waals surface area contributed by atoms with Crippen LogP contribution in [0.15, 0.2) is 52.9 Å². The van der Waals surface area contributed by atoms with E-state index in [1.165, 1.54) is 0 Å². The highest BCUT2D eigenvalue weighted by atomic mass is 35.5. The molecule has 7 nitrogen and oxygen atoms in total. The number of hydrogen-bond donors (Lipinski definition) is 3. The molecule has 4 aromatic heterocycles. The van der Waals surface area contributed by atoms with Gasteiger partial charge in [-0.3, -0.25) is 4.79 Å². The Bertz CT molecular complexity index is 1360. The minimum atomic E-state index is -0.163. The first-order valence-corrected chi connectivity index (χ1v) is 9.73. The highest BCUT2D eigenvalue weighted by Gasteiger charge is 2.13. The molecular weight excluding hydrogens is 396 g/mol. The van der Waals surface area contributed by atoms with E-state index in [4.69, 9.17) is 11.6 Å². The van der Waals surface area contributed by atoms with Crippen molar-refractivity contribution >= 4 is 51.0 Å². The van der Waals surface area contributed by atoms with E-state index in [1.54, 1.807) is 29.8 Å². The van der Waals surface area contributed by atoms with Crippen LogP contribution in [0.4, 0.5) is 5.95 Å². The number of hydrogen-bond acceptors (Lipinski definition) is 6. The molecule has 0 aliphatic rings. The van der Waals surface area contributed by atoms with Crippen LogP contribution in [-0.2, 0) is 6.54 Å². The summed E-state index contributed by atoms with van der Waals surface area (Å²) in [5.74, 6) is 0.422. The van der Waals surface area contributed by atoms with Gasteiger partial charge in [0.15, 0.2) is 5.65 Å². The van der Waals surface area contributed by atoms with Crippen molar-refractivity contribution in [1.82, 2.24) is 24.9 Å². The average molecular weight is 409 g/mol. The number of halogens is 1. The molecule has 0 atom stereocenters. The lowest BCUT2D eigenvalue weighted by molar-refractivity contribution is 1.04. The molecule has 0 fully saturated rings. The Labute approximate surface area is 167 Å². The van der Waals surface area contributed by atoms with Gasteiger partial charge < -0.3 is 15.3 Å². The largest absolute Gasteiger partial charge is 0.350 e. The Balaban J connectivity index is 1.50. The Morgan fingerprint density at radius 2 is 2.11 bits per heavy atom. The Morgan fingerprint density at radius 3 is 2.96 bits per heavy atom. The number of fused-ring (bicyclic) bond motifs is 2. The molecular formula is C19H13ClN6OS. The number of H-pyrrole nitrogens is 2. The van der Waals surface area contributed by atoms with Crippen LogP contribution < -0.4 is 10.9 Å². The molecule has 0 radical (unpaired) electrons. The zero-order valence-corrected chi connectivity index (χ0v) is 15.9. The number of anilines is 1. The quantitative estimate of drug-likeness (QED) is 0.414. The molecule has 5 aromatic rings. The molecule has 0 aliphatic carbocycles. The van der Waals surface area contributed by atoms with Crippen molar-refractivity contribution in [2.45, 2.75) is 6.54 Å². The number of pyridine rings is 1. The lowest BCUT2D eigenvalue weighted by atomic mass is 10.1. The van der Waals surface area contributed by atoms with Crippen LogP contribution in [0.1, 0.15) is 5.56 Å². The second-order valence-corrected chi connectivity index (χ2v) is 7.57. The predicted octanol–water partition coefficient (Wildman–Crippen LogP) is 4.19. The van der Waals surface area contributed by atoms with Crippen molar-refractivity contribution in [2.75, 3.05) is 5.32 Å². The third-order valence-corrected chi connectivity index (χ3v) is 5.47. The summed E-state index contributed by atoms with van der Waals surface area (Å²) in [6.07, 6.45) is 1.60. The standard InChI is InChI=1S/C19H13ClN6OS/c20-12-3-4-13-10(7-12)6-11(18(27)24-13)8-21-19-25-15(14-2-1-5-28-14)16-17(26-19)23-9-22-16/h1-7,9H,8H2,(H,24,27)(H2,21,22,23,25,26). The predicted molar refractivity (Wildman–Crippen MR) is 112 cm³/mol. The van der Waals surface area contributed by atoms with Gasteiger partial charge in [0.05, 0.1) is 11.2 Å². The highest BCUT2D eigenvalue weighted by molar-refractivity contribution is 7.13. The lowest BCUT2D eigenvalue weighted by Gasteiger charge is -2.08. The molecule has 3 N–H and O–H groups in total. The summed E-state index contributed by atoms with van der Waals surface area (Å²) < 4.78 is 0. The second kappa shape index (κ2) is 6.74. The Morgan fingerprint density at radius 1 is 1.18 bits per heavy atom. The van der Waals surface area contributed by atoms with E-state index in [9.17, 15) is 4.79 Å². The molecule has 0 saturated heterocycles. The van der Waals surface area contributed by atoms with Gasteiger partial charge in [0.2, 0.25) is 5.95 Å². The molecule has 0 amide bonds. The molecule has 0 spiro atoms. The van der Waals surface area contributed by atoms with Gasteiger partial charge in [0.1, 0.15) is 11.2 Å². The van der Waals surface area contributed by atoms with E-state index in [0.29, 0.717) is 27.7 Å². The molecule has 9 heteroatoms. The minimum Gasteiger partial charge on any atom is -0.350 e. The molecule has 28 heavy (non-hydrogen) atoms. The van der Waals surface area contributed by atoms with Crippen LogP contribution in [0.25, 0.3) is 32.6 Å². The van der Waals surface area contributed by atoms with Crippen molar-refractivity contribution < 1.29 is 0 Å². The maximum absolute atomic E-state index is 12.4. The van der Waals surface area contributed by atoms with Gasteiger partial charge in [-0.2, -0.15) is 4.98 Å². The zero-order chi connectivity index (χ0) is 19.1. The van der Waals surface area contributed by atoms with E-state index >= 15 is 0 Å². The van der Waals surface area contributed by atoms with Crippen molar-refractivity contribution in [2.24, 2.45) is 0 Å². The Hall–Kier alpha value is -3.23. The highest BCUT2D eigenvalue weighted by Crippen LogP contribution is 2.28. The van der Waals surface area contributed by atoms with Crippen molar-refractivity contribution in [3.05, 3.63) is 69.0 Å². The van der Waals surface area contributed by atoms with Crippen LogP contribution in [-0.4, -0.2) is 24.9 Å². The van der Waals surface area contributed by atoms with E-state index in [0.717, 1.165) is 21.5 Å². The number of imidazole rings is 1. The van der Waals surface area contributed by atoms with E-state index in [-0.39, 0.29) is 12.1 Å². The second-order valence-electron chi connectivity index (χ2n) is 6.18. The topological polar surface area (TPSA) is 99.4 Å². The Kier molecular flexibility index (Phi) is 4.07. The van der Waals surface area contributed by atoms with Crippen LogP contribution in [0.5, 0.6) is 0 Å². The van der Waals surface area contributed by atoms with Crippen molar-refractivity contribution in [3.8, 4) is 10.6 Å². The number of nitrogens with one attached hydrogen (secondary N) is 3. The summed E-state index contributed by atoms with van der Waals surface area (Å²) in [5, 5.41) is 6.62. The maximum atomic E-state index is 12.4. The summed E-state index contributed by atoms with van der Waals surface area (Å²) in [6, 6.07) is 11.1. The summed E-state index contributed by atoms with van der Waals surface area (Å²) in [4.78, 5) is 32.7. The van der Waals surface area contributed by atoms with Gasteiger partial charge in [-0.05, 0) is 35.7 Å². The summed E-state index contributed by atoms with van der Waals surface area (Å²) >= 11 is 7.64. The smallest absolute Gasteiger partial charge is 0.253 e. The van der Waals surface area contributed by atoms with Gasteiger partial charge in [0.25, 0.3) is 5.56 Å². The van der Waals surface area contributed by atoms with Crippen molar-refractivity contribution in [1.29, 1.82) is 0 Å². The summed E-state index contributed by atoms with van der Waals surface area (Å²) in [6.45, 7) is 0.279. The summed E-state index contributed by atoms with van der Waals surface area (Å²) in [5.41, 5.74) is 3.26. The van der Waals surface area contributed by atoms with Gasteiger partial charge in [-0.1, -0.05) is 17.7 Å². The monoisotopic (exact) mass is 408 g/mol. The van der Waals surface area contributed by atoms with Crippen LogP contribution >= 0.6 is 22.9 Å². The number of aromatic nitrogens is 5. The molecule has 0 unspecified atom stereocenters. The average Bonchev–Trinajstić information content (AvgIpc) is 3.37. The molecule has 138 valence electrons. The fourth-order valence-electron chi connectivity index (χ4n) is 3.03. The number of thiophene rings is 1. The van der Waals surface area contributed by atoms with Crippen molar-refractivity contribution in [3.63, 3.8) is 0 Å². The number of benzene rings is 1. The first-order valence-electron chi connectivity index (χ1n) is 8.48. The molecule has 0 saturated carbocycles. The minimum absolute atomic E-state index is 0.163. The van der Waals surface area contributed by atoms with Gasteiger partial charge in [0, 0.05) is 28.0 Å². The number of nitrogens with zero attached hydrogens (tertiary/aromatic N) is 3. The number of aromatic amines is 2. The van der Waals surface area contributed by atoms with Gasteiger partial charge in [-0.25, -0.2) is 9.97 Å². The van der Waals surface area contributed by atoms with E-state index < -0.39 is 0 Å². The molecule has 4 heterocycles. The fourth-order valence-corrected chi connectivity index (χ4v) is 3.92. The maximum Gasteiger partial charge on any atom is 0.253 e. The third-order valence-electron chi connectivity index (χ3n) is 4.35. The number of rotatable bonds is 4. The normalized spacial score (nSPS) is 11.3. The third kappa shape index (κ3) is 3.02. The van der Waals surface area contributed by atoms with E-state index in [1.807, 2.05) is 29.6 Å².